The minimum atomic E-state index is -0.143. The third-order valence-electron chi connectivity index (χ3n) is 6.31. The van der Waals surface area contributed by atoms with E-state index in [4.69, 9.17) is 12.2 Å². The van der Waals surface area contributed by atoms with Crippen LogP contribution in [-0.2, 0) is 11.3 Å². The molecule has 1 aromatic carbocycles. The van der Waals surface area contributed by atoms with E-state index in [9.17, 15) is 4.79 Å². The maximum atomic E-state index is 12.8. The first-order valence-electron chi connectivity index (χ1n) is 12.0. The number of rotatable bonds is 8. The molecule has 4 heterocycles. The Balaban J connectivity index is 1.40. The zero-order chi connectivity index (χ0) is 24.9. The summed E-state index contributed by atoms with van der Waals surface area (Å²) in [4.78, 5) is 24.0. The Labute approximate surface area is 216 Å². The van der Waals surface area contributed by atoms with Gasteiger partial charge < -0.3 is 20.1 Å². The van der Waals surface area contributed by atoms with Crippen molar-refractivity contribution in [2.75, 3.05) is 11.9 Å². The van der Waals surface area contributed by atoms with E-state index in [1.807, 2.05) is 73.7 Å². The lowest BCUT2D eigenvalue weighted by Crippen LogP contribution is -2.33. The lowest BCUT2D eigenvalue weighted by atomic mass is 10.0. The maximum absolute atomic E-state index is 12.8. The number of pyridine rings is 2. The third-order valence-corrected chi connectivity index (χ3v) is 6.66. The molecule has 8 heteroatoms. The van der Waals surface area contributed by atoms with Gasteiger partial charge in [-0.25, -0.2) is 0 Å². The number of anilines is 1. The molecule has 4 aromatic rings. The predicted octanol–water partition coefficient (Wildman–Crippen LogP) is 4.64. The summed E-state index contributed by atoms with van der Waals surface area (Å²) in [5.41, 5.74) is 4.87. The molecule has 0 aliphatic carbocycles. The predicted molar refractivity (Wildman–Crippen MR) is 144 cm³/mol. The van der Waals surface area contributed by atoms with E-state index < -0.39 is 0 Å². The number of nitrogens with one attached hydrogen (secondary N) is 2. The van der Waals surface area contributed by atoms with Crippen molar-refractivity contribution in [1.82, 2.24) is 24.8 Å². The molecule has 1 aliphatic rings. The minimum absolute atomic E-state index is 0.0488. The van der Waals surface area contributed by atoms with Crippen molar-refractivity contribution in [2.24, 2.45) is 0 Å². The van der Waals surface area contributed by atoms with Crippen LogP contribution < -0.4 is 10.6 Å². The highest BCUT2D eigenvalue weighted by Gasteiger charge is 2.41. The molecule has 3 aromatic heterocycles. The van der Waals surface area contributed by atoms with Gasteiger partial charge in [0.1, 0.15) is 0 Å². The number of benzene rings is 1. The van der Waals surface area contributed by atoms with Crippen LogP contribution in [0.25, 0.3) is 0 Å². The number of aromatic nitrogens is 3. The second-order valence-corrected chi connectivity index (χ2v) is 9.26. The van der Waals surface area contributed by atoms with E-state index in [0.29, 0.717) is 24.6 Å². The summed E-state index contributed by atoms with van der Waals surface area (Å²) in [6.45, 7) is 3.13. The van der Waals surface area contributed by atoms with Crippen molar-refractivity contribution in [3.63, 3.8) is 0 Å². The Bertz CT molecular complexity index is 1340. The van der Waals surface area contributed by atoms with E-state index in [0.717, 1.165) is 28.3 Å². The number of hydrogen-bond acceptors (Lipinski definition) is 4. The summed E-state index contributed by atoms with van der Waals surface area (Å²) >= 11 is 5.77. The van der Waals surface area contributed by atoms with Crippen molar-refractivity contribution in [3.8, 4) is 0 Å². The van der Waals surface area contributed by atoms with Crippen LogP contribution in [0.5, 0.6) is 0 Å². The molecule has 7 nitrogen and oxygen atoms in total. The largest absolute Gasteiger partial charge is 0.352 e. The number of aryl methyl sites for hydroxylation is 1. The minimum Gasteiger partial charge on any atom is -0.352 e. The average Bonchev–Trinajstić information content (AvgIpc) is 3.47. The van der Waals surface area contributed by atoms with Crippen molar-refractivity contribution in [2.45, 2.75) is 32.0 Å². The molecule has 1 amide bonds. The second kappa shape index (κ2) is 10.7. The Morgan fingerprint density at radius 3 is 2.61 bits per heavy atom. The molecule has 2 N–H and O–H groups in total. The molecule has 2 unspecified atom stereocenters. The number of hydrogen-bond donors (Lipinski definition) is 2. The van der Waals surface area contributed by atoms with Crippen LogP contribution in [0.4, 0.5) is 5.69 Å². The van der Waals surface area contributed by atoms with E-state index in [-0.39, 0.29) is 18.0 Å². The van der Waals surface area contributed by atoms with E-state index >= 15 is 0 Å². The molecule has 0 bridgehead atoms. The summed E-state index contributed by atoms with van der Waals surface area (Å²) in [6, 6.07) is 23.5. The molecule has 1 aliphatic heterocycles. The smallest absolute Gasteiger partial charge is 0.226 e. The van der Waals surface area contributed by atoms with Crippen LogP contribution in [0.1, 0.15) is 41.1 Å². The highest BCUT2D eigenvalue weighted by atomic mass is 32.1. The first kappa shape index (κ1) is 23.7. The Morgan fingerprint density at radius 2 is 1.86 bits per heavy atom. The van der Waals surface area contributed by atoms with Gasteiger partial charge in [-0.15, -0.1) is 0 Å². The molecular formula is C28H28N6OS. The molecule has 2 atom stereocenters. The first-order valence-corrected chi connectivity index (χ1v) is 12.4. The molecule has 1 saturated heterocycles. The molecule has 0 spiro atoms. The number of thiocarbonyl (C=S) groups is 1. The highest BCUT2D eigenvalue weighted by molar-refractivity contribution is 7.80. The van der Waals surface area contributed by atoms with Gasteiger partial charge in [0.05, 0.1) is 30.0 Å². The van der Waals surface area contributed by atoms with Gasteiger partial charge in [-0.3, -0.25) is 14.8 Å². The third kappa shape index (κ3) is 5.28. The summed E-state index contributed by atoms with van der Waals surface area (Å²) in [6.07, 6.45) is 5.97. The lowest BCUT2D eigenvalue weighted by molar-refractivity contribution is -0.116. The number of amides is 1. The number of nitrogens with zero attached hydrogens (tertiary/aromatic N) is 4. The van der Waals surface area contributed by atoms with Gasteiger partial charge in [0.25, 0.3) is 0 Å². The zero-order valence-electron chi connectivity index (χ0n) is 20.0. The van der Waals surface area contributed by atoms with Crippen LogP contribution in [0.15, 0.2) is 91.4 Å². The summed E-state index contributed by atoms with van der Waals surface area (Å²) < 4.78 is 2.19. The highest BCUT2D eigenvalue weighted by Crippen LogP contribution is 2.39. The van der Waals surface area contributed by atoms with E-state index in [1.54, 1.807) is 12.4 Å². The van der Waals surface area contributed by atoms with Crippen molar-refractivity contribution in [1.29, 1.82) is 0 Å². The fraction of sp³-hybridized carbons (Fsp3) is 0.214. The van der Waals surface area contributed by atoms with Gasteiger partial charge in [-0.05, 0) is 73.2 Å². The summed E-state index contributed by atoms with van der Waals surface area (Å²) in [5.74, 6) is -0.0488. The monoisotopic (exact) mass is 496 g/mol. The standard InChI is InChI=1S/C28H28N6OS/c1-20-8-6-10-21(18-20)31-25(35)13-17-34-27(26(32-28(34)36)23-11-3-5-15-30-23)24-12-7-16-33(24)19-22-9-2-4-14-29-22/h2-12,14-16,18,26-27H,13,17,19H2,1H3,(H,31,35)(H,32,36). The molecule has 0 saturated carbocycles. The SMILES string of the molecule is Cc1cccc(NC(=O)CCN2C(=S)NC(c3ccccn3)C2c2cccn2Cc2ccccn2)c1. The van der Waals surface area contributed by atoms with Crippen LogP contribution in [-0.4, -0.2) is 37.0 Å². The van der Waals surface area contributed by atoms with Crippen LogP contribution in [0, 0.1) is 6.92 Å². The van der Waals surface area contributed by atoms with Crippen LogP contribution in [0.2, 0.25) is 0 Å². The molecular weight excluding hydrogens is 468 g/mol. The van der Waals surface area contributed by atoms with Gasteiger partial charge in [-0.2, -0.15) is 0 Å². The number of carbonyl (C=O) groups excluding carboxylic acids is 1. The van der Waals surface area contributed by atoms with Crippen molar-refractivity contribution >= 4 is 28.9 Å². The Morgan fingerprint density at radius 1 is 1.03 bits per heavy atom. The molecule has 0 radical (unpaired) electrons. The Kier molecular flexibility index (Phi) is 7.04. The molecule has 36 heavy (non-hydrogen) atoms. The normalized spacial score (nSPS) is 17.1. The fourth-order valence-corrected chi connectivity index (χ4v) is 4.97. The number of carbonyl (C=O) groups is 1. The van der Waals surface area contributed by atoms with Crippen LogP contribution >= 0.6 is 12.2 Å². The van der Waals surface area contributed by atoms with Gasteiger partial charge in [-0.1, -0.05) is 24.3 Å². The summed E-state index contributed by atoms with van der Waals surface area (Å²) in [5, 5.41) is 7.08. The zero-order valence-corrected chi connectivity index (χ0v) is 20.9. The topological polar surface area (TPSA) is 75.1 Å². The molecule has 1 fully saturated rings. The maximum Gasteiger partial charge on any atom is 0.226 e. The quantitative estimate of drug-likeness (QED) is 0.346. The second-order valence-electron chi connectivity index (χ2n) is 8.87. The summed E-state index contributed by atoms with van der Waals surface area (Å²) in [7, 11) is 0. The van der Waals surface area contributed by atoms with E-state index in [1.165, 1.54) is 0 Å². The van der Waals surface area contributed by atoms with Gasteiger partial charge in [0.2, 0.25) is 5.91 Å². The Hall–Kier alpha value is -4.04. The molecule has 5 rings (SSSR count). The van der Waals surface area contributed by atoms with Crippen molar-refractivity contribution in [3.05, 3.63) is 114 Å². The van der Waals surface area contributed by atoms with Gasteiger partial charge in [0.15, 0.2) is 5.11 Å². The molecule has 182 valence electrons. The van der Waals surface area contributed by atoms with Gasteiger partial charge >= 0.3 is 0 Å². The van der Waals surface area contributed by atoms with Crippen molar-refractivity contribution < 1.29 is 4.79 Å². The first-order chi connectivity index (χ1) is 17.6. The van der Waals surface area contributed by atoms with Crippen LogP contribution in [0.3, 0.4) is 0 Å². The van der Waals surface area contributed by atoms with E-state index in [2.05, 4.69) is 42.3 Å². The lowest BCUT2D eigenvalue weighted by Gasteiger charge is -2.28. The fourth-order valence-electron chi connectivity index (χ4n) is 4.64. The van der Waals surface area contributed by atoms with Gasteiger partial charge in [0, 0.05) is 42.9 Å². The average molecular weight is 497 g/mol.